The molecule has 2 unspecified atom stereocenters. The fraction of sp³-hybridized carbons (Fsp3) is 0.533. The predicted octanol–water partition coefficient (Wildman–Crippen LogP) is 2.92. The van der Waals surface area contributed by atoms with Gasteiger partial charge in [0, 0.05) is 25.5 Å². The minimum atomic E-state index is -0.00366. The van der Waals surface area contributed by atoms with Gasteiger partial charge in [-0.2, -0.15) is 0 Å². The SMILES string of the molecule is CC1CCCCC1N(C)C(=O)c1sc2nccnc2c1N. The van der Waals surface area contributed by atoms with Crippen LogP contribution in [0.2, 0.25) is 0 Å². The van der Waals surface area contributed by atoms with Gasteiger partial charge in [0.2, 0.25) is 0 Å². The Morgan fingerprint density at radius 2 is 2.05 bits per heavy atom. The number of carbonyl (C=O) groups is 1. The standard InChI is InChI=1S/C15H20N4OS/c1-9-5-3-4-6-10(9)19(2)15(20)13-11(16)12-14(21-13)18-8-7-17-12/h7-10H,3-6,16H2,1-2H3. The van der Waals surface area contributed by atoms with Crippen molar-refractivity contribution < 1.29 is 4.79 Å². The van der Waals surface area contributed by atoms with Crippen molar-refractivity contribution in [3.05, 3.63) is 17.3 Å². The second-order valence-electron chi connectivity index (χ2n) is 5.80. The first-order valence-electron chi connectivity index (χ1n) is 7.35. The highest BCUT2D eigenvalue weighted by Gasteiger charge is 2.30. The van der Waals surface area contributed by atoms with Gasteiger partial charge in [-0.1, -0.05) is 19.8 Å². The van der Waals surface area contributed by atoms with Crippen molar-refractivity contribution in [1.82, 2.24) is 14.9 Å². The van der Waals surface area contributed by atoms with E-state index in [1.165, 1.54) is 30.6 Å². The molecule has 0 radical (unpaired) electrons. The Labute approximate surface area is 128 Å². The van der Waals surface area contributed by atoms with Gasteiger partial charge in [0.25, 0.3) is 5.91 Å². The zero-order chi connectivity index (χ0) is 15.0. The summed E-state index contributed by atoms with van der Waals surface area (Å²) in [5.74, 6) is 0.538. The summed E-state index contributed by atoms with van der Waals surface area (Å²) in [6.45, 7) is 2.23. The molecule has 0 spiro atoms. The first-order valence-corrected chi connectivity index (χ1v) is 8.17. The molecule has 1 aliphatic rings. The molecule has 3 rings (SSSR count). The average Bonchev–Trinajstić information content (AvgIpc) is 2.84. The van der Waals surface area contributed by atoms with Crippen molar-refractivity contribution in [3.8, 4) is 0 Å². The Hall–Kier alpha value is -1.69. The van der Waals surface area contributed by atoms with Gasteiger partial charge in [-0.3, -0.25) is 4.79 Å². The number of nitrogens with two attached hydrogens (primary N) is 1. The number of thiophene rings is 1. The molecule has 21 heavy (non-hydrogen) atoms. The molecule has 1 aliphatic carbocycles. The normalized spacial score (nSPS) is 22.4. The van der Waals surface area contributed by atoms with Crippen LogP contribution in [0.5, 0.6) is 0 Å². The number of amides is 1. The van der Waals surface area contributed by atoms with Gasteiger partial charge in [0.05, 0.1) is 5.69 Å². The number of hydrogen-bond acceptors (Lipinski definition) is 5. The van der Waals surface area contributed by atoms with E-state index in [2.05, 4.69) is 16.9 Å². The molecule has 112 valence electrons. The molecule has 1 amide bonds. The van der Waals surface area contributed by atoms with E-state index in [1.54, 1.807) is 12.4 Å². The van der Waals surface area contributed by atoms with Crippen LogP contribution in [0.1, 0.15) is 42.3 Å². The Kier molecular flexibility index (Phi) is 3.80. The lowest BCUT2D eigenvalue weighted by atomic mass is 9.85. The number of nitrogens with zero attached hydrogens (tertiary/aromatic N) is 3. The number of aromatic nitrogens is 2. The number of hydrogen-bond donors (Lipinski definition) is 1. The number of fused-ring (bicyclic) bond motifs is 1. The van der Waals surface area contributed by atoms with E-state index in [-0.39, 0.29) is 5.91 Å². The Balaban J connectivity index is 1.91. The van der Waals surface area contributed by atoms with Gasteiger partial charge in [-0.15, -0.1) is 11.3 Å². The van der Waals surface area contributed by atoms with Gasteiger partial charge in [0.1, 0.15) is 15.2 Å². The van der Waals surface area contributed by atoms with Crippen LogP contribution in [0.25, 0.3) is 10.3 Å². The third-order valence-electron chi connectivity index (χ3n) is 4.44. The second kappa shape index (κ2) is 5.60. The summed E-state index contributed by atoms with van der Waals surface area (Å²) in [5, 5.41) is 0. The van der Waals surface area contributed by atoms with Crippen molar-refractivity contribution in [2.75, 3.05) is 12.8 Å². The van der Waals surface area contributed by atoms with E-state index in [9.17, 15) is 4.79 Å². The molecule has 0 aromatic carbocycles. The summed E-state index contributed by atoms with van der Waals surface area (Å²) in [7, 11) is 1.89. The third kappa shape index (κ3) is 2.48. The molecule has 1 fully saturated rings. The molecule has 0 bridgehead atoms. The molecule has 2 aromatic heterocycles. The first-order chi connectivity index (χ1) is 10.1. The van der Waals surface area contributed by atoms with Crippen LogP contribution in [0.15, 0.2) is 12.4 Å². The van der Waals surface area contributed by atoms with Crippen molar-refractivity contribution in [2.24, 2.45) is 5.92 Å². The molecule has 2 heterocycles. The van der Waals surface area contributed by atoms with Crippen molar-refractivity contribution >= 4 is 33.3 Å². The number of nitrogen functional groups attached to an aromatic ring is 1. The van der Waals surface area contributed by atoms with Crippen LogP contribution in [0, 0.1) is 5.92 Å². The lowest BCUT2D eigenvalue weighted by Crippen LogP contribution is -2.42. The molecule has 5 nitrogen and oxygen atoms in total. The minimum Gasteiger partial charge on any atom is -0.396 e. The van der Waals surface area contributed by atoms with Crippen LogP contribution in [-0.2, 0) is 0 Å². The molecule has 0 saturated heterocycles. The predicted molar refractivity (Wildman–Crippen MR) is 85.3 cm³/mol. The minimum absolute atomic E-state index is 0.00366. The number of anilines is 1. The van der Waals surface area contributed by atoms with E-state index in [0.717, 1.165) is 11.3 Å². The Morgan fingerprint density at radius 3 is 2.76 bits per heavy atom. The quantitative estimate of drug-likeness (QED) is 0.926. The van der Waals surface area contributed by atoms with Gasteiger partial charge >= 0.3 is 0 Å². The molecule has 6 heteroatoms. The number of rotatable bonds is 2. The molecular formula is C15H20N4OS. The summed E-state index contributed by atoms with van der Waals surface area (Å²) in [6, 6.07) is 0.303. The summed E-state index contributed by atoms with van der Waals surface area (Å²) < 4.78 is 0. The average molecular weight is 304 g/mol. The largest absolute Gasteiger partial charge is 0.396 e. The molecule has 2 atom stereocenters. The zero-order valence-electron chi connectivity index (χ0n) is 12.4. The van der Waals surface area contributed by atoms with Crippen LogP contribution < -0.4 is 5.73 Å². The lowest BCUT2D eigenvalue weighted by Gasteiger charge is -2.36. The van der Waals surface area contributed by atoms with Gasteiger partial charge in [-0.05, 0) is 18.8 Å². The van der Waals surface area contributed by atoms with E-state index >= 15 is 0 Å². The highest BCUT2D eigenvalue weighted by atomic mass is 32.1. The van der Waals surface area contributed by atoms with Crippen molar-refractivity contribution in [3.63, 3.8) is 0 Å². The summed E-state index contributed by atoms with van der Waals surface area (Å²) in [6.07, 6.45) is 7.94. The Morgan fingerprint density at radius 1 is 1.33 bits per heavy atom. The lowest BCUT2D eigenvalue weighted by molar-refractivity contribution is 0.0635. The highest BCUT2D eigenvalue weighted by molar-refractivity contribution is 7.21. The van der Waals surface area contributed by atoms with Crippen molar-refractivity contribution in [2.45, 2.75) is 38.6 Å². The van der Waals surface area contributed by atoms with Crippen molar-refractivity contribution in [1.29, 1.82) is 0 Å². The van der Waals surface area contributed by atoms with Crippen LogP contribution >= 0.6 is 11.3 Å². The topological polar surface area (TPSA) is 72.1 Å². The molecular weight excluding hydrogens is 284 g/mol. The molecule has 2 N–H and O–H groups in total. The van der Waals surface area contributed by atoms with Gasteiger partial charge in [0.15, 0.2) is 0 Å². The summed E-state index contributed by atoms with van der Waals surface area (Å²) >= 11 is 1.34. The van der Waals surface area contributed by atoms with E-state index < -0.39 is 0 Å². The van der Waals surface area contributed by atoms with Crippen LogP contribution in [0.3, 0.4) is 0 Å². The monoisotopic (exact) mass is 304 g/mol. The van der Waals surface area contributed by atoms with Gasteiger partial charge < -0.3 is 10.6 Å². The molecule has 1 saturated carbocycles. The zero-order valence-corrected chi connectivity index (χ0v) is 13.2. The van der Waals surface area contributed by atoms with Crippen LogP contribution in [0.4, 0.5) is 5.69 Å². The fourth-order valence-electron chi connectivity index (χ4n) is 3.19. The maximum Gasteiger partial charge on any atom is 0.266 e. The second-order valence-corrected chi connectivity index (χ2v) is 6.80. The summed E-state index contributed by atoms with van der Waals surface area (Å²) in [5.41, 5.74) is 7.20. The smallest absolute Gasteiger partial charge is 0.266 e. The molecule has 2 aromatic rings. The fourth-order valence-corrected chi connectivity index (χ4v) is 4.19. The Bertz CT molecular complexity index is 669. The maximum absolute atomic E-state index is 12.8. The third-order valence-corrected chi connectivity index (χ3v) is 5.53. The number of carbonyl (C=O) groups excluding carboxylic acids is 1. The van der Waals surface area contributed by atoms with E-state index in [0.29, 0.717) is 28.0 Å². The highest BCUT2D eigenvalue weighted by Crippen LogP contribution is 2.34. The molecule has 0 aliphatic heterocycles. The first kappa shape index (κ1) is 14.3. The van der Waals surface area contributed by atoms with E-state index in [4.69, 9.17) is 5.73 Å². The summed E-state index contributed by atoms with van der Waals surface area (Å²) in [4.78, 5) is 24.4. The van der Waals surface area contributed by atoms with Gasteiger partial charge in [-0.25, -0.2) is 9.97 Å². The maximum atomic E-state index is 12.8. The van der Waals surface area contributed by atoms with Crippen LogP contribution in [-0.4, -0.2) is 33.9 Å². The van der Waals surface area contributed by atoms with E-state index in [1.807, 2.05) is 11.9 Å².